The highest BCUT2D eigenvalue weighted by Gasteiger charge is 2.43. The minimum absolute atomic E-state index is 0.0135. The van der Waals surface area contributed by atoms with Crippen molar-refractivity contribution in [2.75, 3.05) is 77.3 Å². The predicted octanol–water partition coefficient (Wildman–Crippen LogP) is 8.55. The lowest BCUT2D eigenvalue weighted by molar-refractivity contribution is -0.139. The van der Waals surface area contributed by atoms with E-state index in [1.807, 2.05) is 118 Å². The number of nitrogens with zero attached hydrogens (tertiary/aromatic N) is 4. The van der Waals surface area contributed by atoms with Crippen LogP contribution in [0.15, 0.2) is 71.6 Å². The van der Waals surface area contributed by atoms with Crippen LogP contribution in [0.1, 0.15) is 132 Å². The van der Waals surface area contributed by atoms with E-state index in [1.165, 1.54) is 4.90 Å². The van der Waals surface area contributed by atoms with Crippen LogP contribution < -0.4 is 26.2 Å². The number of fused-ring (bicyclic) bond motifs is 1. The van der Waals surface area contributed by atoms with Crippen molar-refractivity contribution in [1.29, 1.82) is 0 Å². The van der Waals surface area contributed by atoms with E-state index in [9.17, 15) is 38.7 Å². The number of benzene rings is 2. The number of aliphatic hydroxyl groups excluding tert-OH is 1. The number of β-amino-alcohol motifs (C(OH)–C–C–N with tert-alkyl or cyclic N) is 1. The quantitative estimate of drug-likeness (QED) is 0.0192. The lowest BCUT2D eigenvalue weighted by Gasteiger charge is -2.33. The molecule has 19 nitrogen and oxygen atoms in total. The van der Waals surface area contributed by atoms with Gasteiger partial charge in [-0.2, -0.15) is 0 Å². The van der Waals surface area contributed by atoms with Crippen LogP contribution in [0.25, 0.3) is 20.7 Å². The van der Waals surface area contributed by atoms with Crippen LogP contribution in [-0.4, -0.2) is 145 Å². The van der Waals surface area contributed by atoms with Crippen molar-refractivity contribution in [3.8, 4) is 10.4 Å². The molecule has 5 aromatic rings. The molecule has 2 fully saturated rings. The fourth-order valence-electron chi connectivity index (χ4n) is 11.2. The van der Waals surface area contributed by atoms with E-state index in [0.717, 1.165) is 101 Å². The van der Waals surface area contributed by atoms with Crippen molar-refractivity contribution in [2.24, 2.45) is 23.2 Å². The third-order valence-electron chi connectivity index (χ3n) is 16.2. The highest BCUT2D eigenvalue weighted by atomic mass is 32.1. The highest BCUT2D eigenvalue weighted by molar-refractivity contribution is 7.17. The summed E-state index contributed by atoms with van der Waals surface area (Å²) in [6.07, 6.45) is 7.54. The Bertz CT molecular complexity index is 3020. The first-order chi connectivity index (χ1) is 41.4. The van der Waals surface area contributed by atoms with Crippen LogP contribution in [-0.2, 0) is 56.1 Å². The molecule has 86 heavy (non-hydrogen) atoms. The van der Waals surface area contributed by atoms with E-state index in [1.54, 1.807) is 27.6 Å². The Hall–Kier alpha value is -6.36. The number of anilines is 1. The first-order valence-electron chi connectivity index (χ1n) is 30.7. The van der Waals surface area contributed by atoms with Gasteiger partial charge in [0.15, 0.2) is 5.78 Å². The molecule has 1 aliphatic carbocycles. The van der Waals surface area contributed by atoms with Gasteiger partial charge in [0.2, 0.25) is 35.4 Å². The molecule has 5 N–H and O–H groups in total. The summed E-state index contributed by atoms with van der Waals surface area (Å²) < 4.78 is 19.7. The Morgan fingerprint density at radius 3 is 2.16 bits per heavy atom. The number of unbranched alkanes of at least 4 members (excludes halogenated alkanes) is 4. The smallest absolute Gasteiger partial charge is 0.246 e. The van der Waals surface area contributed by atoms with E-state index < -0.39 is 23.5 Å². The van der Waals surface area contributed by atoms with Gasteiger partial charge in [-0.25, -0.2) is 4.98 Å². The van der Waals surface area contributed by atoms with Crippen LogP contribution in [0.3, 0.4) is 0 Å². The van der Waals surface area contributed by atoms with Crippen molar-refractivity contribution in [3.05, 3.63) is 94.1 Å². The maximum atomic E-state index is 13.8. The number of ether oxygens (including phenoxy) is 3. The van der Waals surface area contributed by atoms with Gasteiger partial charge in [0.25, 0.3) is 0 Å². The van der Waals surface area contributed by atoms with Gasteiger partial charge < -0.3 is 55.0 Å². The Morgan fingerprint density at radius 1 is 0.756 bits per heavy atom. The lowest BCUT2D eigenvalue weighted by atomic mass is 9.79. The molecule has 1 aliphatic heterocycles. The Labute approximate surface area is 514 Å². The second-order valence-corrected chi connectivity index (χ2v) is 25.6. The van der Waals surface area contributed by atoms with Crippen molar-refractivity contribution in [2.45, 2.75) is 144 Å². The average Bonchev–Trinajstić information content (AvgIpc) is 2.59. The summed E-state index contributed by atoms with van der Waals surface area (Å²) in [5.74, 6) is -1.64. The number of nitrogens with one attached hydrogen (secondary N) is 4. The SMILES string of the molecule is CCN(C(=O)Cn1c(C(=O)CC2CCC(C(=O)NCCCCCCCC(=O)NCCOCCOCCOCCC(=O)N[C@@H](C(=O)N3C[C@@H](O)[C@H](C(=O)NCc4ccc(-c5scnc5C)cc4)C3)C(C)(C)C)CC2)cc2sccc21)c1cccc(C)c1. The van der Waals surface area contributed by atoms with E-state index in [4.69, 9.17) is 14.2 Å². The minimum Gasteiger partial charge on any atom is -0.390 e. The molecule has 0 radical (unpaired) electrons. The summed E-state index contributed by atoms with van der Waals surface area (Å²) in [6, 6.07) is 18.8. The number of aromatic nitrogens is 2. The van der Waals surface area contributed by atoms with E-state index >= 15 is 0 Å². The van der Waals surface area contributed by atoms with Crippen molar-refractivity contribution in [1.82, 2.24) is 35.7 Å². The molecule has 0 bridgehead atoms. The molecule has 0 unspecified atom stereocenters. The number of thiazole rings is 1. The fraction of sp³-hybridized carbons (Fsp3) is 0.569. The molecule has 7 rings (SSSR count). The van der Waals surface area contributed by atoms with Gasteiger partial charge in [-0.05, 0) is 117 Å². The third kappa shape index (κ3) is 20.1. The highest BCUT2D eigenvalue weighted by Crippen LogP contribution is 2.34. The molecule has 2 aliphatic rings. The fourth-order valence-corrected chi connectivity index (χ4v) is 12.8. The number of aliphatic hydroxyl groups is 1. The maximum absolute atomic E-state index is 13.8. The molecule has 468 valence electrons. The zero-order valence-corrected chi connectivity index (χ0v) is 52.8. The van der Waals surface area contributed by atoms with Gasteiger partial charge >= 0.3 is 0 Å². The minimum atomic E-state index is -1.04. The second-order valence-electron chi connectivity index (χ2n) is 23.8. The first-order valence-corrected chi connectivity index (χ1v) is 32.4. The van der Waals surface area contributed by atoms with E-state index in [0.29, 0.717) is 64.6 Å². The predicted molar refractivity (Wildman–Crippen MR) is 336 cm³/mol. The van der Waals surface area contributed by atoms with Gasteiger partial charge in [0, 0.05) is 70.1 Å². The van der Waals surface area contributed by atoms with Gasteiger partial charge in [-0.1, -0.05) is 76.4 Å². The zero-order valence-electron chi connectivity index (χ0n) is 51.1. The lowest BCUT2D eigenvalue weighted by Crippen LogP contribution is -2.54. The average molecular weight is 1220 g/mol. The second kappa shape index (κ2) is 33.7. The molecule has 3 atom stereocenters. The standard InChI is InChI=1S/C65H90N8O11S2/c1-7-72(50-15-13-14-44(2)36-50)59(78)42-73-52-26-35-85-56(52)38-53(73)54(74)37-46-17-23-49(24-18-46)62(79)67-27-12-10-8-9-11-16-57(76)66-28-30-83-32-34-84-33-31-82-29-25-58(77)70-61(65(4,5)6)64(81)71-40-51(55(75)41-71)63(80)68-39-47-19-21-48(22-20-47)60-45(3)69-43-86-60/h13-15,19-22,26,35-36,38,43,46,49,51,55,61,75H,7-12,16-18,23-25,27-34,37,39-42H2,1-6H3,(H,66,76)(H,67,79)(H,68,80)(H,70,77)/t46?,49?,51-,55-,61+/m1/s1. The molecule has 1 saturated carbocycles. The normalized spacial score (nSPS) is 17.3. The molecule has 2 aromatic carbocycles. The number of aryl methyl sites for hydroxylation is 2. The summed E-state index contributed by atoms with van der Waals surface area (Å²) in [4.78, 5) is 101. The van der Waals surface area contributed by atoms with E-state index in [-0.39, 0.29) is 98.9 Å². The van der Waals surface area contributed by atoms with Gasteiger partial charge in [-0.3, -0.25) is 33.6 Å². The van der Waals surface area contributed by atoms with Crippen LogP contribution >= 0.6 is 22.7 Å². The van der Waals surface area contributed by atoms with Gasteiger partial charge in [-0.15, -0.1) is 22.7 Å². The van der Waals surface area contributed by atoms with Crippen molar-refractivity contribution >= 4 is 79.8 Å². The number of amides is 6. The number of hydrogen-bond acceptors (Lipinski definition) is 14. The zero-order chi connectivity index (χ0) is 61.6. The van der Waals surface area contributed by atoms with Gasteiger partial charge in [0.1, 0.15) is 12.6 Å². The third-order valence-corrected chi connectivity index (χ3v) is 18.0. The maximum Gasteiger partial charge on any atom is 0.246 e. The number of carbonyl (C=O) groups excluding carboxylic acids is 7. The van der Waals surface area contributed by atoms with Crippen LogP contribution in [0.5, 0.6) is 0 Å². The number of rotatable bonds is 34. The number of Topliss-reactive ketones (excluding diaryl/α,β-unsaturated/α-hetero) is 1. The summed E-state index contributed by atoms with van der Waals surface area (Å²) in [6.45, 7) is 15.2. The Balaban J connectivity index is 0.647. The number of likely N-dealkylation sites (tertiary alicyclic amines) is 1. The largest absolute Gasteiger partial charge is 0.390 e. The number of carbonyl (C=O) groups is 7. The molecule has 3 aromatic heterocycles. The van der Waals surface area contributed by atoms with E-state index in [2.05, 4.69) is 26.3 Å². The summed E-state index contributed by atoms with van der Waals surface area (Å²) in [5.41, 5.74) is 7.51. The molecule has 0 spiro atoms. The monoisotopic (exact) mass is 1220 g/mol. The topological polar surface area (TPSA) is 240 Å². The molecule has 21 heteroatoms. The van der Waals surface area contributed by atoms with Crippen molar-refractivity contribution in [3.63, 3.8) is 0 Å². The summed E-state index contributed by atoms with van der Waals surface area (Å²) in [7, 11) is 0. The van der Waals surface area contributed by atoms with Gasteiger partial charge in [0.05, 0.1) is 83.7 Å². The van der Waals surface area contributed by atoms with Crippen LogP contribution in [0.4, 0.5) is 5.69 Å². The number of thiophene rings is 1. The summed E-state index contributed by atoms with van der Waals surface area (Å²) >= 11 is 3.14. The molecule has 1 saturated heterocycles. The molecular weight excluding hydrogens is 1130 g/mol. The molecular formula is C65H90N8O11S2. The Kier molecular flexibility index (Phi) is 26.3. The van der Waals surface area contributed by atoms with Crippen LogP contribution in [0, 0.1) is 37.0 Å². The van der Waals surface area contributed by atoms with Crippen molar-refractivity contribution < 1.29 is 52.9 Å². The number of hydrogen-bond donors (Lipinski definition) is 5. The number of likely N-dealkylation sites (N-methyl/N-ethyl adjacent to an activating group) is 1. The summed E-state index contributed by atoms with van der Waals surface area (Å²) in [5, 5.41) is 24.6. The number of ketones is 1. The van der Waals surface area contributed by atoms with Crippen LogP contribution in [0.2, 0.25) is 0 Å². The first kappa shape index (κ1) is 67.2. The Morgan fingerprint density at radius 2 is 1.47 bits per heavy atom. The molecule has 6 amide bonds. The molecule has 4 heterocycles.